The Morgan fingerprint density at radius 2 is 1.71 bits per heavy atom. The highest BCUT2D eigenvalue weighted by atomic mass is 19.1. The molecule has 12 heteroatoms. The predicted octanol–water partition coefficient (Wildman–Crippen LogP) is 7.69. The van der Waals surface area contributed by atoms with Crippen LogP contribution in [-0.2, 0) is 6.54 Å². The van der Waals surface area contributed by atoms with Gasteiger partial charge in [-0.05, 0) is 96.3 Å². The summed E-state index contributed by atoms with van der Waals surface area (Å²) >= 11 is 0. The Morgan fingerprint density at radius 1 is 0.981 bits per heavy atom. The number of methoxy groups -OCH3 is 1. The lowest BCUT2D eigenvalue weighted by Gasteiger charge is -2.34. The average Bonchev–Trinajstić information content (AvgIpc) is 3.83. The molecule has 0 spiro atoms. The Bertz CT molecular complexity index is 2040. The smallest absolute Gasteiger partial charge is 0.257 e. The molecule has 0 saturated carbocycles. The van der Waals surface area contributed by atoms with E-state index in [2.05, 4.69) is 36.3 Å². The molecule has 2 aliphatic rings. The fourth-order valence-corrected chi connectivity index (χ4v) is 7.10. The molecule has 1 aromatic heterocycles. The van der Waals surface area contributed by atoms with Crippen molar-refractivity contribution >= 4 is 29.1 Å². The van der Waals surface area contributed by atoms with Gasteiger partial charge in [0.25, 0.3) is 5.91 Å². The predicted molar refractivity (Wildman–Crippen MR) is 198 cm³/mol. The minimum absolute atomic E-state index is 0.0123. The molecular weight excluding hydrogens is 662 g/mol. The fourth-order valence-electron chi connectivity index (χ4n) is 7.10. The SMILES string of the molecule is COc1ccc(C2C=NN=N2)cc1C(=O)N(C)CC(CCN1CCC(Nc2nc3ccccc3n2Cc2ccc(F)cc2)CC1)c1ccc(F)cc1. The van der Waals surface area contributed by atoms with Crippen LogP contribution in [0.25, 0.3) is 11.0 Å². The third-order valence-electron chi connectivity index (χ3n) is 10.0. The quantitative estimate of drug-likeness (QED) is 0.136. The zero-order valence-electron chi connectivity index (χ0n) is 29.3. The fraction of sp³-hybridized carbons (Fsp3) is 0.325. The number of rotatable bonds is 13. The van der Waals surface area contributed by atoms with E-state index in [0.717, 1.165) is 72.6 Å². The molecule has 268 valence electrons. The maximum absolute atomic E-state index is 14.0. The highest BCUT2D eigenvalue weighted by Gasteiger charge is 2.26. The van der Waals surface area contributed by atoms with Crippen LogP contribution in [0.4, 0.5) is 14.7 Å². The van der Waals surface area contributed by atoms with E-state index in [0.29, 0.717) is 24.4 Å². The number of anilines is 1. The Balaban J connectivity index is 0.996. The number of likely N-dealkylation sites (tertiary alicyclic amines) is 1. The van der Waals surface area contributed by atoms with Gasteiger partial charge in [-0.15, -0.1) is 5.10 Å². The molecule has 10 nitrogen and oxygen atoms in total. The van der Waals surface area contributed by atoms with Crippen LogP contribution in [0.15, 0.2) is 106 Å². The summed E-state index contributed by atoms with van der Waals surface area (Å²) in [7, 11) is 3.34. The Kier molecular flexibility index (Phi) is 10.6. The Hall–Kier alpha value is -5.49. The summed E-state index contributed by atoms with van der Waals surface area (Å²) in [5.41, 5.74) is 5.19. The van der Waals surface area contributed by atoms with Crippen molar-refractivity contribution in [2.45, 2.75) is 43.8 Å². The topological polar surface area (TPSA) is 99.7 Å². The van der Waals surface area contributed by atoms with Crippen LogP contribution >= 0.6 is 0 Å². The maximum atomic E-state index is 14.0. The van der Waals surface area contributed by atoms with Crippen molar-refractivity contribution < 1.29 is 18.3 Å². The van der Waals surface area contributed by atoms with E-state index in [1.165, 1.54) is 24.3 Å². The van der Waals surface area contributed by atoms with E-state index in [1.54, 1.807) is 37.4 Å². The second kappa shape index (κ2) is 15.8. The van der Waals surface area contributed by atoms with E-state index in [4.69, 9.17) is 9.72 Å². The molecule has 4 aromatic carbocycles. The van der Waals surface area contributed by atoms with Gasteiger partial charge in [-0.3, -0.25) is 4.79 Å². The molecular formula is C40H42F2N8O2. The first-order valence-electron chi connectivity index (χ1n) is 17.7. The maximum Gasteiger partial charge on any atom is 0.257 e. The number of para-hydroxylation sites is 2. The number of piperidine rings is 1. The lowest BCUT2D eigenvalue weighted by molar-refractivity contribution is 0.0778. The Labute approximate surface area is 301 Å². The normalized spacial score (nSPS) is 16.7. The summed E-state index contributed by atoms with van der Waals surface area (Å²) < 4.78 is 35.3. The molecule has 0 radical (unpaired) electrons. The average molecular weight is 705 g/mol. The number of aromatic nitrogens is 2. The van der Waals surface area contributed by atoms with Gasteiger partial charge in [0, 0.05) is 38.6 Å². The molecule has 1 N–H and O–H groups in total. The van der Waals surface area contributed by atoms with Crippen molar-refractivity contribution in [2.24, 2.45) is 15.4 Å². The molecule has 0 bridgehead atoms. The summed E-state index contributed by atoms with van der Waals surface area (Å²) in [6.45, 7) is 3.69. The number of fused-ring (bicyclic) bond motifs is 1. The van der Waals surface area contributed by atoms with Crippen molar-refractivity contribution in [1.82, 2.24) is 19.4 Å². The minimum Gasteiger partial charge on any atom is -0.496 e. The van der Waals surface area contributed by atoms with Crippen molar-refractivity contribution in [2.75, 3.05) is 45.7 Å². The number of halogens is 2. The van der Waals surface area contributed by atoms with Crippen LogP contribution in [0.2, 0.25) is 0 Å². The van der Waals surface area contributed by atoms with Gasteiger partial charge in [0.05, 0.1) is 36.5 Å². The van der Waals surface area contributed by atoms with Gasteiger partial charge < -0.3 is 24.4 Å². The molecule has 7 rings (SSSR count). The first-order chi connectivity index (χ1) is 25.3. The van der Waals surface area contributed by atoms with Crippen LogP contribution in [0.3, 0.4) is 0 Å². The highest BCUT2D eigenvalue weighted by molar-refractivity contribution is 5.97. The van der Waals surface area contributed by atoms with E-state index < -0.39 is 0 Å². The molecule has 2 aliphatic heterocycles. The molecule has 52 heavy (non-hydrogen) atoms. The summed E-state index contributed by atoms with van der Waals surface area (Å²) in [6.07, 6.45) is 4.32. The summed E-state index contributed by atoms with van der Waals surface area (Å²) in [5, 5.41) is 15.4. The van der Waals surface area contributed by atoms with Crippen LogP contribution in [0, 0.1) is 11.6 Å². The number of likely N-dealkylation sites (N-methyl/N-ethyl adjacent to an activating group) is 1. The number of ether oxygens (including phenoxy) is 1. The number of nitrogens with one attached hydrogen (secondary N) is 1. The zero-order valence-corrected chi connectivity index (χ0v) is 29.3. The van der Waals surface area contributed by atoms with E-state index in [9.17, 15) is 13.6 Å². The second-order valence-electron chi connectivity index (χ2n) is 13.5. The third-order valence-corrected chi connectivity index (χ3v) is 10.0. The first kappa shape index (κ1) is 34.9. The number of benzene rings is 4. The van der Waals surface area contributed by atoms with Gasteiger partial charge in [0.1, 0.15) is 23.4 Å². The highest BCUT2D eigenvalue weighted by Crippen LogP contribution is 2.30. The van der Waals surface area contributed by atoms with Crippen molar-refractivity contribution in [3.8, 4) is 5.75 Å². The van der Waals surface area contributed by atoms with Crippen LogP contribution in [-0.4, -0.2) is 77.9 Å². The number of carbonyl (C=O) groups excluding carboxylic acids is 1. The number of hydrogen-bond donors (Lipinski definition) is 1. The van der Waals surface area contributed by atoms with Gasteiger partial charge in [0.2, 0.25) is 5.95 Å². The van der Waals surface area contributed by atoms with Crippen LogP contribution in [0.1, 0.15) is 58.3 Å². The second-order valence-corrected chi connectivity index (χ2v) is 13.5. The molecule has 2 unspecified atom stereocenters. The van der Waals surface area contributed by atoms with E-state index in [1.807, 2.05) is 48.5 Å². The van der Waals surface area contributed by atoms with Gasteiger partial charge >= 0.3 is 0 Å². The number of amides is 1. The number of hydrogen-bond acceptors (Lipinski definition) is 8. The lowest BCUT2D eigenvalue weighted by atomic mass is 9.93. The van der Waals surface area contributed by atoms with E-state index in [-0.39, 0.29) is 35.5 Å². The van der Waals surface area contributed by atoms with Crippen LogP contribution in [0.5, 0.6) is 5.75 Å². The van der Waals surface area contributed by atoms with Gasteiger partial charge in [-0.25, -0.2) is 13.8 Å². The molecule has 1 fully saturated rings. The van der Waals surface area contributed by atoms with Crippen molar-refractivity contribution in [1.29, 1.82) is 0 Å². The minimum atomic E-state index is -0.336. The third kappa shape index (κ3) is 8.02. The largest absolute Gasteiger partial charge is 0.496 e. The van der Waals surface area contributed by atoms with Gasteiger partial charge in [0.15, 0.2) is 0 Å². The molecule has 1 amide bonds. The van der Waals surface area contributed by atoms with Gasteiger partial charge in [-0.1, -0.05) is 42.5 Å². The summed E-state index contributed by atoms with van der Waals surface area (Å²) in [4.78, 5) is 23.0. The van der Waals surface area contributed by atoms with Crippen molar-refractivity contribution in [3.05, 3.63) is 125 Å². The van der Waals surface area contributed by atoms with E-state index >= 15 is 0 Å². The standard InChI is InChI=1S/C40H42F2N8O2/c1-48(39(51)34-23-29(11-16-38(34)52-2)36-24-43-47-46-36)26-30(28-9-14-32(42)15-10-28)17-20-49-21-18-33(19-22-49)44-40-45-35-5-3-4-6-37(35)50(40)25-27-7-12-31(41)13-8-27/h3-16,23-24,30,33,36H,17-22,25-26H2,1-2H3,(H,44,45). The zero-order chi connectivity index (χ0) is 36.0. The van der Waals surface area contributed by atoms with Crippen LogP contribution < -0.4 is 10.1 Å². The van der Waals surface area contributed by atoms with Crippen molar-refractivity contribution in [3.63, 3.8) is 0 Å². The molecule has 0 aliphatic carbocycles. The Morgan fingerprint density at radius 3 is 2.42 bits per heavy atom. The number of carbonyl (C=O) groups is 1. The van der Waals surface area contributed by atoms with Gasteiger partial charge in [-0.2, -0.15) is 5.11 Å². The monoisotopic (exact) mass is 704 g/mol. The first-order valence-corrected chi connectivity index (χ1v) is 17.7. The summed E-state index contributed by atoms with van der Waals surface area (Å²) in [6, 6.07) is 26.6. The molecule has 1 saturated heterocycles. The molecule has 2 atom stereocenters. The summed E-state index contributed by atoms with van der Waals surface area (Å²) in [5.74, 6) is 0.572. The molecule has 5 aromatic rings. The lowest BCUT2D eigenvalue weighted by Crippen LogP contribution is -2.40. The number of imidazole rings is 1. The molecule has 3 heterocycles. The number of nitrogens with zero attached hydrogens (tertiary/aromatic N) is 7.